The molecule has 116 valence electrons. The number of hydrogen-bond donors (Lipinski definition) is 0. The van der Waals surface area contributed by atoms with Crippen LogP contribution in [0.5, 0.6) is 0 Å². The van der Waals surface area contributed by atoms with Gasteiger partial charge in [-0.2, -0.15) is 0 Å². The van der Waals surface area contributed by atoms with Crippen LogP contribution < -0.4 is 0 Å². The smallest absolute Gasteiger partial charge is 0.339 e. The molecule has 0 radical (unpaired) electrons. The second kappa shape index (κ2) is 7.58. The summed E-state index contributed by atoms with van der Waals surface area (Å²) in [5.41, 5.74) is 0.657. The van der Waals surface area contributed by atoms with Crippen LogP contribution in [0.4, 0.5) is 0 Å². The predicted octanol–water partition coefficient (Wildman–Crippen LogP) is 4.10. The Bertz CT molecular complexity index is 481. The highest BCUT2D eigenvalue weighted by atomic mass is 127. The third-order valence-corrected chi connectivity index (χ3v) is 5.19. The number of ether oxygens (including phenoxy) is 1. The van der Waals surface area contributed by atoms with Crippen LogP contribution in [0, 0.1) is 3.57 Å². The van der Waals surface area contributed by atoms with Gasteiger partial charge in [0.05, 0.1) is 5.56 Å². The van der Waals surface area contributed by atoms with Gasteiger partial charge in [0, 0.05) is 22.2 Å². The predicted molar refractivity (Wildman–Crippen MR) is 93.5 cm³/mol. The van der Waals surface area contributed by atoms with Gasteiger partial charge < -0.3 is 4.74 Å². The van der Waals surface area contributed by atoms with Crippen molar-refractivity contribution < 1.29 is 9.53 Å². The van der Waals surface area contributed by atoms with Gasteiger partial charge in [-0.1, -0.05) is 18.6 Å². The van der Waals surface area contributed by atoms with Crippen molar-refractivity contribution in [2.24, 2.45) is 0 Å². The molecule has 4 heteroatoms. The average molecular weight is 401 g/mol. The zero-order chi connectivity index (χ0) is 15.4. The van der Waals surface area contributed by atoms with Crippen molar-refractivity contribution in [3.05, 3.63) is 33.4 Å². The summed E-state index contributed by atoms with van der Waals surface area (Å²) in [7, 11) is 0. The number of carbonyl (C=O) groups excluding carboxylic acids is 1. The molecule has 0 N–H and O–H groups in total. The van der Waals surface area contributed by atoms with Crippen LogP contribution in [0.25, 0.3) is 0 Å². The third kappa shape index (κ3) is 4.42. The van der Waals surface area contributed by atoms with Gasteiger partial charge in [-0.25, -0.2) is 4.79 Å². The van der Waals surface area contributed by atoms with Crippen LogP contribution in [-0.2, 0) is 4.74 Å². The fourth-order valence-electron chi connectivity index (χ4n) is 3.04. The van der Waals surface area contributed by atoms with E-state index >= 15 is 0 Å². The number of halogens is 1. The van der Waals surface area contributed by atoms with Gasteiger partial charge >= 0.3 is 5.97 Å². The monoisotopic (exact) mass is 401 g/mol. The number of nitrogens with zero attached hydrogens (tertiary/aromatic N) is 1. The normalized spacial score (nSPS) is 24.6. The molecule has 2 rings (SSSR count). The molecule has 1 fully saturated rings. The minimum absolute atomic E-state index is 0.0866. The molecule has 0 spiro atoms. The van der Waals surface area contributed by atoms with E-state index in [0.717, 1.165) is 10.1 Å². The van der Waals surface area contributed by atoms with E-state index in [1.54, 1.807) is 0 Å². The minimum Gasteiger partial charge on any atom is -0.458 e. The summed E-state index contributed by atoms with van der Waals surface area (Å²) < 4.78 is 6.57. The SMILES string of the molecule is C[C@@H]1CCC[C@H](C)N1C[C@H](C)OC(=O)c1ccccc1I. The standard InChI is InChI=1S/C17H24INO2/c1-12-7-6-8-13(2)19(12)11-14(3)21-17(20)15-9-4-5-10-16(15)18/h4-5,9-10,12-14H,6-8,11H2,1-3H3/t12-,13+,14-/m0/s1. The first kappa shape index (κ1) is 16.7. The number of piperidine rings is 1. The molecule has 3 atom stereocenters. The molecule has 0 unspecified atom stereocenters. The molecule has 1 aliphatic heterocycles. The van der Waals surface area contributed by atoms with Gasteiger partial charge in [-0.05, 0) is 68.3 Å². The maximum Gasteiger partial charge on any atom is 0.339 e. The summed E-state index contributed by atoms with van der Waals surface area (Å²) >= 11 is 2.17. The fraction of sp³-hybridized carbons (Fsp3) is 0.588. The van der Waals surface area contributed by atoms with E-state index in [4.69, 9.17) is 4.74 Å². The quantitative estimate of drug-likeness (QED) is 0.562. The lowest BCUT2D eigenvalue weighted by Crippen LogP contribution is -2.47. The highest BCUT2D eigenvalue weighted by Crippen LogP contribution is 2.23. The Hall–Kier alpha value is -0.620. The molecule has 3 nitrogen and oxygen atoms in total. The molecule has 1 aromatic rings. The summed E-state index contributed by atoms with van der Waals surface area (Å²) in [6.07, 6.45) is 3.69. The maximum absolute atomic E-state index is 12.2. The fourth-order valence-corrected chi connectivity index (χ4v) is 3.65. The van der Waals surface area contributed by atoms with Gasteiger partial charge in [0.25, 0.3) is 0 Å². The van der Waals surface area contributed by atoms with Crippen LogP contribution in [0.3, 0.4) is 0 Å². The second-order valence-corrected chi connectivity index (χ2v) is 7.18. The van der Waals surface area contributed by atoms with Crippen molar-refractivity contribution in [2.75, 3.05) is 6.54 Å². The zero-order valence-corrected chi connectivity index (χ0v) is 15.2. The molecular weight excluding hydrogens is 377 g/mol. The first-order valence-electron chi connectivity index (χ1n) is 7.70. The maximum atomic E-state index is 12.2. The molecule has 0 saturated carbocycles. The zero-order valence-electron chi connectivity index (χ0n) is 13.0. The van der Waals surface area contributed by atoms with E-state index in [1.807, 2.05) is 31.2 Å². The summed E-state index contributed by atoms with van der Waals surface area (Å²) in [6.45, 7) is 7.34. The number of benzene rings is 1. The number of esters is 1. The molecule has 1 heterocycles. The van der Waals surface area contributed by atoms with E-state index in [2.05, 4.69) is 41.3 Å². The number of rotatable bonds is 4. The van der Waals surface area contributed by atoms with E-state index in [0.29, 0.717) is 17.6 Å². The van der Waals surface area contributed by atoms with Gasteiger partial charge in [-0.15, -0.1) is 0 Å². The first-order valence-corrected chi connectivity index (χ1v) is 8.78. The van der Waals surface area contributed by atoms with Crippen molar-refractivity contribution in [3.8, 4) is 0 Å². The lowest BCUT2D eigenvalue weighted by molar-refractivity contribution is 0.00803. The average Bonchev–Trinajstić information content (AvgIpc) is 2.43. The van der Waals surface area contributed by atoms with Gasteiger partial charge in [0.15, 0.2) is 0 Å². The molecule has 0 aliphatic carbocycles. The summed E-state index contributed by atoms with van der Waals surface area (Å²) in [4.78, 5) is 14.7. The second-order valence-electron chi connectivity index (χ2n) is 6.02. The van der Waals surface area contributed by atoms with Crippen LogP contribution in [0.2, 0.25) is 0 Å². The molecule has 21 heavy (non-hydrogen) atoms. The first-order chi connectivity index (χ1) is 9.99. The van der Waals surface area contributed by atoms with Crippen molar-refractivity contribution in [3.63, 3.8) is 0 Å². The van der Waals surface area contributed by atoms with E-state index in [9.17, 15) is 4.79 Å². The molecule has 0 amide bonds. The number of hydrogen-bond acceptors (Lipinski definition) is 3. The van der Waals surface area contributed by atoms with Crippen molar-refractivity contribution in [1.82, 2.24) is 4.90 Å². The minimum atomic E-state index is -0.218. The largest absolute Gasteiger partial charge is 0.458 e. The van der Waals surface area contributed by atoms with Crippen molar-refractivity contribution in [2.45, 2.75) is 58.2 Å². The lowest BCUT2D eigenvalue weighted by Gasteiger charge is -2.40. The van der Waals surface area contributed by atoms with Crippen molar-refractivity contribution >= 4 is 28.6 Å². The Labute approximate surface area is 141 Å². The van der Waals surface area contributed by atoms with Crippen LogP contribution in [0.1, 0.15) is 50.4 Å². The van der Waals surface area contributed by atoms with Crippen molar-refractivity contribution in [1.29, 1.82) is 0 Å². The number of carbonyl (C=O) groups is 1. The van der Waals surface area contributed by atoms with Crippen LogP contribution >= 0.6 is 22.6 Å². The summed E-state index contributed by atoms with van der Waals surface area (Å²) in [5.74, 6) is -0.218. The van der Waals surface area contributed by atoms with Crippen LogP contribution in [-0.4, -0.2) is 35.6 Å². The Balaban J connectivity index is 1.93. The van der Waals surface area contributed by atoms with E-state index in [-0.39, 0.29) is 12.1 Å². The van der Waals surface area contributed by atoms with Gasteiger partial charge in [-0.3, -0.25) is 4.90 Å². The van der Waals surface area contributed by atoms with Crippen LogP contribution in [0.15, 0.2) is 24.3 Å². The Kier molecular flexibility index (Phi) is 6.05. The molecule has 0 bridgehead atoms. The Morgan fingerprint density at radius 1 is 1.33 bits per heavy atom. The highest BCUT2D eigenvalue weighted by Gasteiger charge is 2.27. The molecule has 1 aliphatic rings. The number of likely N-dealkylation sites (tertiary alicyclic amines) is 1. The molecule has 0 aromatic heterocycles. The topological polar surface area (TPSA) is 29.5 Å². The molecule has 1 aromatic carbocycles. The molecule has 1 saturated heterocycles. The highest BCUT2D eigenvalue weighted by molar-refractivity contribution is 14.1. The van der Waals surface area contributed by atoms with Gasteiger partial charge in [0.1, 0.15) is 6.10 Å². The Morgan fingerprint density at radius 3 is 2.57 bits per heavy atom. The Morgan fingerprint density at radius 2 is 1.95 bits per heavy atom. The molecular formula is C17H24INO2. The van der Waals surface area contributed by atoms with E-state index in [1.165, 1.54) is 19.3 Å². The van der Waals surface area contributed by atoms with Gasteiger partial charge in [0.2, 0.25) is 0 Å². The lowest BCUT2D eigenvalue weighted by atomic mass is 9.97. The van der Waals surface area contributed by atoms with E-state index < -0.39 is 0 Å². The summed E-state index contributed by atoms with van der Waals surface area (Å²) in [5, 5.41) is 0. The summed E-state index contributed by atoms with van der Waals surface area (Å²) in [6, 6.07) is 8.70. The third-order valence-electron chi connectivity index (χ3n) is 4.25.